The second-order valence-corrected chi connectivity index (χ2v) is 5.36. The number of aromatic carboxylic acids is 1. The molecule has 0 atom stereocenters. The van der Waals surface area contributed by atoms with Crippen molar-refractivity contribution in [1.29, 1.82) is 0 Å². The van der Waals surface area contributed by atoms with Crippen LogP contribution in [0.2, 0.25) is 0 Å². The number of nitrogens with one attached hydrogen (secondary N) is 1. The molecule has 7 heteroatoms. The molecule has 6 nitrogen and oxygen atoms in total. The fourth-order valence-corrected chi connectivity index (χ4v) is 2.77. The van der Waals surface area contributed by atoms with Crippen molar-refractivity contribution in [2.75, 3.05) is 26.2 Å². The summed E-state index contributed by atoms with van der Waals surface area (Å²) < 4.78 is 0. The van der Waals surface area contributed by atoms with Gasteiger partial charge in [0.25, 0.3) is 5.91 Å². The van der Waals surface area contributed by atoms with Crippen molar-refractivity contribution in [2.45, 2.75) is 19.3 Å². The van der Waals surface area contributed by atoms with Crippen molar-refractivity contribution in [3.63, 3.8) is 0 Å². The number of carbonyl (C=O) groups excluding carboxylic acids is 1. The standard InChI is InChI=1S/C12H17N3O3S/c16-10(11-14-9(8-19-11)12(17)18)13-4-3-7-15-5-1-2-6-15/h8H,1-7H2,(H,13,16)(H,17,18). The van der Waals surface area contributed by atoms with Gasteiger partial charge in [-0.3, -0.25) is 4.79 Å². The topological polar surface area (TPSA) is 82.5 Å². The summed E-state index contributed by atoms with van der Waals surface area (Å²) in [5.41, 5.74) is -0.0767. The number of hydrogen-bond acceptors (Lipinski definition) is 5. The van der Waals surface area contributed by atoms with Crippen molar-refractivity contribution in [1.82, 2.24) is 15.2 Å². The highest BCUT2D eigenvalue weighted by atomic mass is 32.1. The maximum Gasteiger partial charge on any atom is 0.355 e. The Kier molecular flexibility index (Phi) is 4.86. The molecule has 104 valence electrons. The zero-order chi connectivity index (χ0) is 13.7. The van der Waals surface area contributed by atoms with Crippen molar-refractivity contribution in [3.8, 4) is 0 Å². The molecule has 1 aromatic heterocycles. The molecule has 0 aromatic carbocycles. The van der Waals surface area contributed by atoms with E-state index in [1.807, 2.05) is 0 Å². The maximum absolute atomic E-state index is 11.7. The Morgan fingerprint density at radius 2 is 2.16 bits per heavy atom. The first-order valence-corrected chi connectivity index (χ1v) is 7.24. The highest BCUT2D eigenvalue weighted by Gasteiger charge is 2.14. The monoisotopic (exact) mass is 283 g/mol. The van der Waals surface area contributed by atoms with Crippen LogP contribution in [0.15, 0.2) is 5.38 Å². The predicted octanol–water partition coefficient (Wildman–Crippen LogP) is 1.06. The number of carboxylic acids is 1. The smallest absolute Gasteiger partial charge is 0.355 e. The van der Waals surface area contributed by atoms with Crippen LogP contribution in [0.1, 0.15) is 39.6 Å². The number of likely N-dealkylation sites (tertiary alicyclic amines) is 1. The zero-order valence-electron chi connectivity index (χ0n) is 10.6. The summed E-state index contributed by atoms with van der Waals surface area (Å²) in [7, 11) is 0. The Morgan fingerprint density at radius 1 is 1.42 bits per heavy atom. The fraction of sp³-hybridized carbons (Fsp3) is 0.583. The van der Waals surface area contributed by atoms with Gasteiger partial charge in [-0.1, -0.05) is 0 Å². The van der Waals surface area contributed by atoms with Crippen LogP contribution in [0.4, 0.5) is 0 Å². The molecule has 1 aliphatic heterocycles. The largest absolute Gasteiger partial charge is 0.476 e. The highest BCUT2D eigenvalue weighted by Crippen LogP contribution is 2.10. The Morgan fingerprint density at radius 3 is 2.79 bits per heavy atom. The van der Waals surface area contributed by atoms with Crippen LogP contribution in [0.5, 0.6) is 0 Å². The summed E-state index contributed by atoms with van der Waals surface area (Å²) in [5, 5.41) is 13.1. The summed E-state index contributed by atoms with van der Waals surface area (Å²) in [6, 6.07) is 0. The third-order valence-electron chi connectivity index (χ3n) is 3.05. The lowest BCUT2D eigenvalue weighted by atomic mass is 10.4. The molecular formula is C12H17N3O3S. The SMILES string of the molecule is O=C(O)c1csc(C(=O)NCCCN2CCCC2)n1. The molecule has 0 unspecified atom stereocenters. The zero-order valence-corrected chi connectivity index (χ0v) is 11.4. The second-order valence-electron chi connectivity index (χ2n) is 4.50. The molecule has 0 aliphatic carbocycles. The molecule has 1 fully saturated rings. The normalized spacial score (nSPS) is 15.6. The summed E-state index contributed by atoms with van der Waals surface area (Å²) in [6.45, 7) is 3.90. The lowest BCUT2D eigenvalue weighted by Crippen LogP contribution is -2.28. The minimum absolute atomic E-state index is 0.0767. The molecule has 0 bridgehead atoms. The first-order chi connectivity index (χ1) is 9.16. The van der Waals surface area contributed by atoms with Crippen molar-refractivity contribution in [3.05, 3.63) is 16.1 Å². The van der Waals surface area contributed by atoms with Gasteiger partial charge in [-0.25, -0.2) is 9.78 Å². The van der Waals surface area contributed by atoms with E-state index in [1.54, 1.807) is 0 Å². The summed E-state index contributed by atoms with van der Waals surface area (Å²) in [6.07, 6.45) is 3.44. The molecular weight excluding hydrogens is 266 g/mol. The van der Waals surface area contributed by atoms with Crippen LogP contribution in [-0.4, -0.2) is 53.0 Å². The maximum atomic E-state index is 11.7. The van der Waals surface area contributed by atoms with Gasteiger partial charge in [0.1, 0.15) is 0 Å². The van der Waals surface area contributed by atoms with Crippen LogP contribution >= 0.6 is 11.3 Å². The molecule has 1 amide bonds. The molecule has 0 spiro atoms. The number of aromatic nitrogens is 1. The van der Waals surface area contributed by atoms with E-state index in [9.17, 15) is 9.59 Å². The lowest BCUT2D eigenvalue weighted by molar-refractivity contribution is 0.0691. The van der Waals surface area contributed by atoms with E-state index in [2.05, 4.69) is 15.2 Å². The van der Waals surface area contributed by atoms with Gasteiger partial charge in [0.05, 0.1) is 0 Å². The van der Waals surface area contributed by atoms with Crippen LogP contribution in [-0.2, 0) is 0 Å². The average molecular weight is 283 g/mol. The molecule has 0 saturated carbocycles. The number of amides is 1. The minimum atomic E-state index is -1.11. The van der Waals surface area contributed by atoms with Gasteiger partial charge in [-0.15, -0.1) is 11.3 Å². The number of carboxylic acid groups (broad SMARTS) is 1. The van der Waals surface area contributed by atoms with Crippen molar-refractivity contribution < 1.29 is 14.7 Å². The minimum Gasteiger partial charge on any atom is -0.476 e. The summed E-state index contributed by atoms with van der Waals surface area (Å²) >= 11 is 1.05. The molecule has 2 N–H and O–H groups in total. The first kappa shape index (κ1) is 14.0. The van der Waals surface area contributed by atoms with E-state index in [0.717, 1.165) is 37.4 Å². The third kappa shape index (κ3) is 4.00. The molecule has 0 radical (unpaired) electrons. The molecule has 19 heavy (non-hydrogen) atoms. The van der Waals surface area contributed by atoms with Gasteiger partial charge in [0, 0.05) is 11.9 Å². The Labute approximate surface area is 115 Å². The van der Waals surface area contributed by atoms with Crippen LogP contribution in [0, 0.1) is 0 Å². The molecule has 1 aromatic rings. The molecule has 1 aliphatic rings. The summed E-state index contributed by atoms with van der Waals surface area (Å²) in [5.74, 6) is -1.40. The number of hydrogen-bond donors (Lipinski definition) is 2. The molecule has 2 rings (SSSR count). The van der Waals surface area contributed by atoms with E-state index in [1.165, 1.54) is 18.2 Å². The van der Waals surface area contributed by atoms with E-state index < -0.39 is 5.97 Å². The Bertz CT molecular complexity index is 455. The molecule has 2 heterocycles. The number of thiazole rings is 1. The van der Waals surface area contributed by atoms with Crippen LogP contribution < -0.4 is 5.32 Å². The number of nitrogens with zero attached hydrogens (tertiary/aromatic N) is 2. The number of carbonyl (C=O) groups is 2. The highest BCUT2D eigenvalue weighted by molar-refractivity contribution is 7.11. The third-order valence-corrected chi connectivity index (χ3v) is 3.89. The van der Waals surface area contributed by atoms with Gasteiger partial charge in [0.15, 0.2) is 10.7 Å². The quantitative estimate of drug-likeness (QED) is 0.763. The predicted molar refractivity (Wildman–Crippen MR) is 71.7 cm³/mol. The van der Waals surface area contributed by atoms with Gasteiger partial charge in [-0.05, 0) is 38.9 Å². The Balaban J connectivity index is 1.69. The average Bonchev–Trinajstić information content (AvgIpc) is 3.05. The Hall–Kier alpha value is -1.47. The lowest BCUT2D eigenvalue weighted by Gasteiger charge is -2.13. The van der Waals surface area contributed by atoms with Gasteiger partial charge < -0.3 is 15.3 Å². The van der Waals surface area contributed by atoms with E-state index in [0.29, 0.717) is 6.54 Å². The van der Waals surface area contributed by atoms with Crippen LogP contribution in [0.25, 0.3) is 0 Å². The van der Waals surface area contributed by atoms with Gasteiger partial charge >= 0.3 is 5.97 Å². The van der Waals surface area contributed by atoms with E-state index in [4.69, 9.17) is 5.11 Å². The fourth-order valence-electron chi connectivity index (χ4n) is 2.06. The van der Waals surface area contributed by atoms with Gasteiger partial charge in [-0.2, -0.15) is 0 Å². The van der Waals surface area contributed by atoms with Gasteiger partial charge in [0.2, 0.25) is 0 Å². The molecule has 1 saturated heterocycles. The van der Waals surface area contributed by atoms with Crippen LogP contribution in [0.3, 0.4) is 0 Å². The van der Waals surface area contributed by atoms with Crippen molar-refractivity contribution in [2.24, 2.45) is 0 Å². The van der Waals surface area contributed by atoms with Crippen molar-refractivity contribution >= 4 is 23.2 Å². The second kappa shape index (κ2) is 6.63. The number of rotatable bonds is 6. The van der Waals surface area contributed by atoms with E-state index >= 15 is 0 Å². The van der Waals surface area contributed by atoms with E-state index in [-0.39, 0.29) is 16.6 Å². The summed E-state index contributed by atoms with van der Waals surface area (Å²) in [4.78, 5) is 28.5. The first-order valence-electron chi connectivity index (χ1n) is 6.36.